The molecule has 1 aliphatic heterocycles. The molecule has 3 fully saturated rings. The number of amides is 1. The van der Waals surface area contributed by atoms with Gasteiger partial charge in [0, 0.05) is 35.2 Å². The lowest BCUT2D eigenvalue weighted by molar-refractivity contribution is -0.329. The fourth-order valence-corrected chi connectivity index (χ4v) is 10.7. The molecule has 4 aliphatic rings. The van der Waals surface area contributed by atoms with Crippen LogP contribution in [0.2, 0.25) is 0 Å². The maximum absolute atomic E-state index is 15.6. The average Bonchev–Trinajstić information content (AvgIpc) is 3.28. The van der Waals surface area contributed by atoms with E-state index in [-0.39, 0.29) is 37.0 Å². The Hall–Kier alpha value is -5.21. The van der Waals surface area contributed by atoms with E-state index in [2.05, 4.69) is 12.2 Å². The zero-order chi connectivity index (χ0) is 46.0. The summed E-state index contributed by atoms with van der Waals surface area (Å²) in [5.41, 5.74) is -5.76. The van der Waals surface area contributed by atoms with Gasteiger partial charge in [-0.3, -0.25) is 14.4 Å². The van der Waals surface area contributed by atoms with Crippen molar-refractivity contribution >= 4 is 29.6 Å². The molecule has 0 spiro atoms. The maximum Gasteiger partial charge on any atom is 0.338 e. The molecule has 3 aliphatic carbocycles. The predicted octanol–water partition coefficient (Wildman–Crippen LogP) is 6.53. The van der Waals surface area contributed by atoms with Gasteiger partial charge in [0.15, 0.2) is 18.0 Å². The van der Waals surface area contributed by atoms with E-state index in [4.69, 9.17) is 18.9 Å². The number of benzene rings is 3. The van der Waals surface area contributed by atoms with Crippen molar-refractivity contribution in [3.8, 4) is 0 Å². The number of aliphatic hydroxyl groups excluding tert-OH is 1. The van der Waals surface area contributed by atoms with Gasteiger partial charge in [0.05, 0.1) is 24.3 Å². The standard InChI is InChI=1S/C51H61NO12/c1-6-7-8-9-19-26-37(53)63-41-38-31(2)35(62-47(58)40(54)39(32-20-13-10-14-21-32)52-45(56)33-22-15-11-16-23-33)29-51(60,48(38,3)4)44(64-46(57)34-24-17-12-18-25-34)42-49(5,43(41)55)28-27-36-50(42,59)30-61-36/h10-18,20-25,35-36,39-42,44,54,59-60H,6-9,19,26-30H2,1-5H3,(H,52,56)/t35?,36?,39?,40?,41?,42?,44?,49-,50?,51?/m1/s1. The molecular formula is C51H61NO12. The topological polar surface area (TPSA) is 195 Å². The van der Waals surface area contributed by atoms with Crippen molar-refractivity contribution in [3.05, 3.63) is 119 Å². The third-order valence-electron chi connectivity index (χ3n) is 14.5. The number of esters is 3. The monoisotopic (exact) mass is 879 g/mol. The maximum atomic E-state index is 15.6. The van der Waals surface area contributed by atoms with E-state index >= 15 is 4.79 Å². The van der Waals surface area contributed by atoms with E-state index in [1.54, 1.807) is 119 Å². The van der Waals surface area contributed by atoms with Crippen LogP contribution in [0.25, 0.3) is 0 Å². The highest BCUT2D eigenvalue weighted by Crippen LogP contribution is 2.63. The molecule has 1 amide bonds. The highest BCUT2D eigenvalue weighted by atomic mass is 16.6. The van der Waals surface area contributed by atoms with Crippen LogP contribution in [0.3, 0.4) is 0 Å². The lowest BCUT2D eigenvalue weighted by atomic mass is 9.45. The number of carbonyl (C=O) groups is 5. The highest BCUT2D eigenvalue weighted by Gasteiger charge is 2.75. The smallest absolute Gasteiger partial charge is 0.338 e. The minimum Gasteiger partial charge on any atom is -0.456 e. The molecule has 7 rings (SSSR count). The Morgan fingerprint density at radius 1 is 0.828 bits per heavy atom. The average molecular weight is 880 g/mol. The quantitative estimate of drug-likeness (QED) is 0.0559. The van der Waals surface area contributed by atoms with Crippen molar-refractivity contribution in [2.75, 3.05) is 6.61 Å². The molecule has 2 saturated carbocycles. The van der Waals surface area contributed by atoms with Crippen LogP contribution in [-0.2, 0) is 33.3 Å². The van der Waals surface area contributed by atoms with E-state index in [0.717, 1.165) is 25.7 Å². The van der Waals surface area contributed by atoms with E-state index in [1.165, 1.54) is 0 Å². The molecule has 0 aromatic heterocycles. The molecule has 2 bridgehead atoms. The lowest BCUT2D eigenvalue weighted by Gasteiger charge is -2.66. The van der Waals surface area contributed by atoms with Crippen LogP contribution in [0.15, 0.2) is 102 Å². The summed E-state index contributed by atoms with van der Waals surface area (Å²) in [7, 11) is 0. The Balaban J connectivity index is 1.33. The Labute approximate surface area is 374 Å². The SMILES string of the molecule is CCCCCCCC(=O)OC1C(=O)[C@]2(C)CCC3OCC3(O)C2C(OC(=O)c2ccccc2)C2(O)CC(OC(=O)C(O)C(NC(=O)c3ccccc3)c3ccccc3)C(C)=C1C2(C)C. The fourth-order valence-electron chi connectivity index (χ4n) is 10.7. The van der Waals surface area contributed by atoms with E-state index in [1.807, 2.05) is 0 Å². The fraction of sp³-hybridized carbons (Fsp3) is 0.510. The first-order valence-electron chi connectivity index (χ1n) is 22.5. The van der Waals surface area contributed by atoms with E-state index in [0.29, 0.717) is 23.1 Å². The Kier molecular flexibility index (Phi) is 13.7. The van der Waals surface area contributed by atoms with E-state index in [9.17, 15) is 34.5 Å². The second-order valence-electron chi connectivity index (χ2n) is 18.8. The van der Waals surface area contributed by atoms with Gasteiger partial charge in [-0.1, -0.05) is 120 Å². The number of aliphatic hydroxyl groups is 3. The summed E-state index contributed by atoms with van der Waals surface area (Å²) in [6.45, 7) is 8.49. The first-order valence-corrected chi connectivity index (χ1v) is 22.5. The molecule has 13 heteroatoms. The first kappa shape index (κ1) is 46.8. The number of rotatable bonds is 15. The second kappa shape index (κ2) is 18.7. The number of ketones is 1. The van der Waals surface area contributed by atoms with Crippen LogP contribution in [0.5, 0.6) is 0 Å². The largest absolute Gasteiger partial charge is 0.456 e. The van der Waals surface area contributed by atoms with Gasteiger partial charge in [0.2, 0.25) is 0 Å². The summed E-state index contributed by atoms with van der Waals surface area (Å²) in [5.74, 6) is -5.01. The third kappa shape index (κ3) is 8.55. The van der Waals surface area contributed by atoms with Crippen molar-refractivity contribution in [1.82, 2.24) is 5.32 Å². The molecule has 1 heterocycles. The van der Waals surface area contributed by atoms with Crippen molar-refractivity contribution in [3.63, 3.8) is 0 Å². The normalized spacial score (nSPS) is 30.2. The van der Waals surface area contributed by atoms with Gasteiger partial charge in [-0.15, -0.1) is 0 Å². The minimum atomic E-state index is -2.23. The molecule has 3 aromatic rings. The lowest BCUT2D eigenvalue weighted by Crippen LogP contribution is -2.78. The van der Waals surface area contributed by atoms with Crippen LogP contribution in [0, 0.1) is 16.7 Å². The van der Waals surface area contributed by atoms with Gasteiger partial charge < -0.3 is 39.6 Å². The molecule has 0 radical (unpaired) electrons. The Morgan fingerprint density at radius 3 is 2.05 bits per heavy atom. The molecule has 342 valence electrons. The first-order chi connectivity index (χ1) is 30.5. The number of carbonyl (C=O) groups excluding carboxylic acids is 5. The molecule has 3 aromatic carbocycles. The van der Waals surface area contributed by atoms with Crippen LogP contribution >= 0.6 is 0 Å². The van der Waals surface area contributed by atoms with Crippen molar-refractivity contribution in [2.45, 2.75) is 140 Å². The van der Waals surface area contributed by atoms with Crippen LogP contribution in [0.4, 0.5) is 0 Å². The number of hydrogen-bond donors (Lipinski definition) is 4. The molecule has 1 saturated heterocycles. The Bertz CT molecular complexity index is 2230. The molecule has 64 heavy (non-hydrogen) atoms. The van der Waals surface area contributed by atoms with Gasteiger partial charge in [0.1, 0.15) is 23.4 Å². The van der Waals surface area contributed by atoms with Crippen LogP contribution < -0.4 is 5.32 Å². The van der Waals surface area contributed by atoms with Crippen molar-refractivity contribution < 1.29 is 58.2 Å². The van der Waals surface area contributed by atoms with Gasteiger partial charge in [-0.25, -0.2) is 9.59 Å². The third-order valence-corrected chi connectivity index (χ3v) is 14.5. The van der Waals surface area contributed by atoms with Crippen LogP contribution in [-0.4, -0.2) is 93.2 Å². The minimum absolute atomic E-state index is 0.0298. The summed E-state index contributed by atoms with van der Waals surface area (Å²) in [4.78, 5) is 71.6. The number of hydrogen-bond acceptors (Lipinski definition) is 12. The molecule has 4 N–H and O–H groups in total. The van der Waals surface area contributed by atoms with Gasteiger partial charge in [-0.2, -0.15) is 0 Å². The number of ether oxygens (including phenoxy) is 4. The number of fused-ring (bicyclic) bond motifs is 5. The highest BCUT2D eigenvalue weighted by molar-refractivity contribution is 5.96. The summed E-state index contributed by atoms with van der Waals surface area (Å²) in [5, 5.41) is 40.9. The number of Topliss-reactive ketones (excluding diaryl/α,β-unsaturated/α-hetero) is 1. The van der Waals surface area contributed by atoms with Gasteiger partial charge >= 0.3 is 17.9 Å². The Morgan fingerprint density at radius 2 is 1.44 bits per heavy atom. The van der Waals surface area contributed by atoms with Gasteiger partial charge in [0.25, 0.3) is 5.91 Å². The molecule has 10 atom stereocenters. The predicted molar refractivity (Wildman–Crippen MR) is 234 cm³/mol. The molecule has 9 unspecified atom stereocenters. The van der Waals surface area contributed by atoms with E-state index < -0.39 is 101 Å². The summed E-state index contributed by atoms with van der Waals surface area (Å²) in [6, 6.07) is 23.6. The summed E-state index contributed by atoms with van der Waals surface area (Å²) >= 11 is 0. The van der Waals surface area contributed by atoms with Crippen LogP contribution in [0.1, 0.15) is 125 Å². The molecular weight excluding hydrogens is 819 g/mol. The summed E-state index contributed by atoms with van der Waals surface area (Å²) in [6.07, 6.45) is -3.04. The number of unbranched alkanes of at least 4 members (excludes halogenated alkanes) is 4. The summed E-state index contributed by atoms with van der Waals surface area (Å²) < 4.78 is 24.7. The van der Waals surface area contributed by atoms with Crippen molar-refractivity contribution in [2.24, 2.45) is 16.7 Å². The second-order valence-corrected chi connectivity index (χ2v) is 18.8. The zero-order valence-electron chi connectivity index (χ0n) is 37.3. The van der Waals surface area contributed by atoms with Crippen molar-refractivity contribution in [1.29, 1.82) is 0 Å². The van der Waals surface area contributed by atoms with Gasteiger partial charge in [-0.05, 0) is 67.2 Å². The zero-order valence-corrected chi connectivity index (χ0v) is 37.3. The molecule has 13 nitrogen and oxygen atoms in total. The number of nitrogens with one attached hydrogen (secondary N) is 1.